The number of hydrogen-bond acceptors (Lipinski definition) is 4. The molecule has 0 aliphatic heterocycles. The van der Waals surface area contributed by atoms with E-state index in [1.165, 1.54) is 11.3 Å². The van der Waals surface area contributed by atoms with Crippen molar-refractivity contribution in [1.82, 2.24) is 4.98 Å². The van der Waals surface area contributed by atoms with Crippen LogP contribution in [-0.4, -0.2) is 18.0 Å². The van der Waals surface area contributed by atoms with Crippen molar-refractivity contribution < 1.29 is 9.53 Å². The van der Waals surface area contributed by atoms with Gasteiger partial charge in [-0.3, -0.25) is 4.79 Å². The molecule has 1 unspecified atom stereocenters. The first-order valence-electron chi connectivity index (χ1n) is 6.92. The molecule has 4 nitrogen and oxygen atoms in total. The summed E-state index contributed by atoms with van der Waals surface area (Å²) in [6.07, 6.45) is 1.30. The Kier molecular flexibility index (Phi) is 5.33. The van der Waals surface area contributed by atoms with Crippen LogP contribution in [0.3, 0.4) is 0 Å². The third-order valence-corrected chi connectivity index (χ3v) is 4.14. The Hall–Kier alpha value is -1.88. The van der Waals surface area contributed by atoms with Gasteiger partial charge in [-0.1, -0.05) is 25.1 Å². The fourth-order valence-corrected chi connectivity index (χ4v) is 2.95. The molecule has 0 aliphatic rings. The number of ether oxygens (including phenoxy) is 1. The zero-order valence-corrected chi connectivity index (χ0v) is 13.4. The van der Waals surface area contributed by atoms with E-state index in [1.54, 1.807) is 12.6 Å². The molecule has 1 heterocycles. The van der Waals surface area contributed by atoms with E-state index in [0.29, 0.717) is 6.42 Å². The summed E-state index contributed by atoms with van der Waals surface area (Å²) in [7, 11) is 1.67. The Morgan fingerprint density at radius 2 is 2.19 bits per heavy atom. The molecule has 112 valence electrons. The van der Waals surface area contributed by atoms with Crippen molar-refractivity contribution in [2.75, 3.05) is 12.4 Å². The third-order valence-electron chi connectivity index (χ3n) is 3.29. The van der Waals surface area contributed by atoms with Crippen LogP contribution in [0.5, 0.6) is 5.75 Å². The molecule has 0 bridgehead atoms. The molecular formula is C16H20N2O2S. The van der Waals surface area contributed by atoms with Crippen molar-refractivity contribution in [3.8, 4) is 5.75 Å². The first-order chi connectivity index (χ1) is 10.1. The Bertz CT molecular complexity index is 610. The normalized spacial score (nSPS) is 12.0. The molecule has 1 N–H and O–H groups in total. The number of hydrogen-bond donors (Lipinski definition) is 1. The summed E-state index contributed by atoms with van der Waals surface area (Å²) in [6.45, 7) is 3.97. The molecule has 5 heteroatoms. The number of rotatable bonds is 6. The Morgan fingerprint density at radius 3 is 2.86 bits per heavy atom. The third kappa shape index (κ3) is 4.29. The fourth-order valence-electron chi connectivity index (χ4n) is 2.24. The summed E-state index contributed by atoms with van der Waals surface area (Å²) < 4.78 is 5.35. The first-order valence-corrected chi connectivity index (χ1v) is 7.80. The zero-order valence-electron chi connectivity index (χ0n) is 12.6. The number of nitrogens with zero attached hydrogens (tertiary/aromatic N) is 1. The molecule has 1 aromatic heterocycles. The van der Waals surface area contributed by atoms with Crippen LogP contribution in [0, 0.1) is 12.8 Å². The van der Waals surface area contributed by atoms with Gasteiger partial charge in [0.25, 0.3) is 0 Å². The summed E-state index contributed by atoms with van der Waals surface area (Å²) in [6, 6.07) is 7.93. The second-order valence-electron chi connectivity index (χ2n) is 5.14. The highest BCUT2D eigenvalue weighted by Gasteiger charge is 2.13. The number of aromatic nitrogens is 1. The number of methoxy groups -OCH3 is 1. The van der Waals surface area contributed by atoms with Gasteiger partial charge >= 0.3 is 0 Å². The number of aryl methyl sites for hydroxylation is 1. The van der Waals surface area contributed by atoms with Gasteiger partial charge in [-0.25, -0.2) is 4.98 Å². The zero-order chi connectivity index (χ0) is 15.2. The maximum absolute atomic E-state index is 12.1. The van der Waals surface area contributed by atoms with Crippen LogP contribution in [0.4, 0.5) is 5.00 Å². The molecule has 1 amide bonds. The van der Waals surface area contributed by atoms with Crippen LogP contribution in [-0.2, 0) is 11.2 Å². The van der Waals surface area contributed by atoms with Crippen molar-refractivity contribution in [3.05, 3.63) is 41.0 Å². The van der Waals surface area contributed by atoms with Crippen molar-refractivity contribution in [3.63, 3.8) is 0 Å². The summed E-state index contributed by atoms with van der Waals surface area (Å²) >= 11 is 1.45. The molecule has 21 heavy (non-hydrogen) atoms. The van der Waals surface area contributed by atoms with Gasteiger partial charge in [0.05, 0.1) is 18.3 Å². The van der Waals surface area contributed by atoms with Crippen LogP contribution in [0.1, 0.15) is 24.6 Å². The number of carbonyl (C=O) groups excluding carboxylic acids is 1. The molecule has 0 saturated heterocycles. The number of amides is 1. The number of thiazole rings is 1. The van der Waals surface area contributed by atoms with E-state index < -0.39 is 0 Å². The van der Waals surface area contributed by atoms with E-state index in [9.17, 15) is 4.79 Å². The van der Waals surface area contributed by atoms with Crippen LogP contribution in [0.25, 0.3) is 0 Å². The van der Waals surface area contributed by atoms with Crippen LogP contribution in [0.2, 0.25) is 0 Å². The van der Waals surface area contributed by atoms with E-state index in [2.05, 4.69) is 17.2 Å². The largest absolute Gasteiger partial charge is 0.496 e. The van der Waals surface area contributed by atoms with E-state index in [-0.39, 0.29) is 11.8 Å². The Balaban J connectivity index is 1.91. The summed E-state index contributed by atoms with van der Waals surface area (Å²) in [4.78, 5) is 16.2. The van der Waals surface area contributed by atoms with Crippen molar-refractivity contribution in [2.24, 2.45) is 5.92 Å². The molecule has 0 spiro atoms. The molecule has 0 saturated carbocycles. The first kappa shape index (κ1) is 15.5. The van der Waals surface area contributed by atoms with E-state index in [4.69, 9.17) is 4.74 Å². The second kappa shape index (κ2) is 7.22. The lowest BCUT2D eigenvalue weighted by Crippen LogP contribution is -2.16. The molecule has 0 radical (unpaired) electrons. The lowest BCUT2D eigenvalue weighted by molar-refractivity contribution is -0.116. The topological polar surface area (TPSA) is 51.2 Å². The van der Waals surface area contributed by atoms with E-state index in [0.717, 1.165) is 28.4 Å². The van der Waals surface area contributed by atoms with Crippen molar-refractivity contribution >= 4 is 22.2 Å². The molecule has 2 aromatic rings. The smallest absolute Gasteiger partial charge is 0.225 e. The highest BCUT2D eigenvalue weighted by molar-refractivity contribution is 7.14. The Morgan fingerprint density at radius 1 is 1.43 bits per heavy atom. The minimum atomic E-state index is 0.0322. The van der Waals surface area contributed by atoms with Gasteiger partial charge in [0.2, 0.25) is 5.91 Å². The summed E-state index contributed by atoms with van der Waals surface area (Å²) in [5.74, 6) is 1.15. The second-order valence-corrected chi connectivity index (χ2v) is 6.00. The predicted octanol–water partition coefficient (Wildman–Crippen LogP) is 3.67. The summed E-state index contributed by atoms with van der Waals surface area (Å²) in [5, 5.41) is 3.76. The number of para-hydroxylation sites is 1. The predicted molar refractivity (Wildman–Crippen MR) is 86.0 cm³/mol. The van der Waals surface area contributed by atoms with E-state index in [1.807, 2.05) is 31.2 Å². The minimum Gasteiger partial charge on any atom is -0.496 e. The number of nitrogens with one attached hydrogen (secondary N) is 1. The highest BCUT2D eigenvalue weighted by Crippen LogP contribution is 2.23. The van der Waals surface area contributed by atoms with Gasteiger partial charge < -0.3 is 10.1 Å². The SMILES string of the molecule is COc1ccccc1CC(C)CC(=O)Nc1scnc1C. The van der Waals surface area contributed by atoms with Crippen LogP contribution in [0.15, 0.2) is 29.8 Å². The van der Waals surface area contributed by atoms with Gasteiger partial charge in [-0.2, -0.15) is 0 Å². The van der Waals surface area contributed by atoms with Gasteiger partial charge in [-0.05, 0) is 30.9 Å². The van der Waals surface area contributed by atoms with Crippen LogP contribution < -0.4 is 10.1 Å². The Labute approximate surface area is 129 Å². The lowest BCUT2D eigenvalue weighted by atomic mass is 9.97. The van der Waals surface area contributed by atoms with Gasteiger partial charge in [0.15, 0.2) is 0 Å². The fraction of sp³-hybridized carbons (Fsp3) is 0.375. The lowest BCUT2D eigenvalue weighted by Gasteiger charge is -2.13. The number of benzene rings is 1. The minimum absolute atomic E-state index is 0.0322. The summed E-state index contributed by atoms with van der Waals surface area (Å²) in [5.41, 5.74) is 3.74. The maximum atomic E-state index is 12.1. The van der Waals surface area contributed by atoms with Gasteiger partial charge in [0, 0.05) is 6.42 Å². The van der Waals surface area contributed by atoms with Crippen LogP contribution >= 0.6 is 11.3 Å². The van der Waals surface area contributed by atoms with Gasteiger partial charge in [-0.15, -0.1) is 11.3 Å². The molecule has 2 rings (SSSR count). The van der Waals surface area contributed by atoms with Crippen molar-refractivity contribution in [1.29, 1.82) is 0 Å². The average Bonchev–Trinajstić information content (AvgIpc) is 2.84. The molecule has 0 fully saturated rings. The van der Waals surface area contributed by atoms with E-state index >= 15 is 0 Å². The van der Waals surface area contributed by atoms with Gasteiger partial charge in [0.1, 0.15) is 10.8 Å². The van der Waals surface area contributed by atoms with Crippen molar-refractivity contribution in [2.45, 2.75) is 26.7 Å². The molecule has 1 atom stereocenters. The number of anilines is 1. The molecule has 0 aliphatic carbocycles. The highest BCUT2D eigenvalue weighted by atomic mass is 32.1. The molecular weight excluding hydrogens is 284 g/mol. The molecule has 1 aromatic carbocycles. The average molecular weight is 304 g/mol. The standard InChI is InChI=1S/C16H20N2O2S/c1-11(8-13-6-4-5-7-14(13)20-3)9-15(19)18-16-12(2)17-10-21-16/h4-7,10-11H,8-9H2,1-3H3,(H,18,19). The monoisotopic (exact) mass is 304 g/mol. The quantitative estimate of drug-likeness (QED) is 0.886. The maximum Gasteiger partial charge on any atom is 0.225 e. The number of carbonyl (C=O) groups is 1.